The highest BCUT2D eigenvalue weighted by Gasteiger charge is 2.15. The lowest BCUT2D eigenvalue weighted by molar-refractivity contribution is 0.100. The molecule has 2 rings (SSSR count). The Kier molecular flexibility index (Phi) is 3.82. The van der Waals surface area contributed by atoms with E-state index in [1.54, 1.807) is 6.07 Å². The van der Waals surface area contributed by atoms with Gasteiger partial charge in [-0.3, -0.25) is 10.1 Å². The van der Waals surface area contributed by atoms with Crippen molar-refractivity contribution in [2.75, 3.05) is 5.32 Å². The first-order valence-corrected chi connectivity index (χ1v) is 6.41. The van der Waals surface area contributed by atoms with Gasteiger partial charge >= 0.3 is 6.03 Å². The molecular weight excluding hydrogens is 262 g/mol. The molecule has 0 aliphatic carbocycles. The number of nitrogens with two attached hydrogens (primary N) is 2. The lowest BCUT2D eigenvalue weighted by Gasteiger charge is -1.99. The van der Waals surface area contributed by atoms with Gasteiger partial charge in [0.15, 0.2) is 0 Å². The summed E-state index contributed by atoms with van der Waals surface area (Å²) in [6, 6.07) is 10.8. The van der Waals surface area contributed by atoms with E-state index in [1.165, 1.54) is 11.3 Å². The second-order valence-corrected chi connectivity index (χ2v) is 5.11. The van der Waals surface area contributed by atoms with Gasteiger partial charge in [-0.1, -0.05) is 30.3 Å². The number of carbonyl (C=O) groups excluding carboxylic acids is 2. The molecule has 0 saturated carbocycles. The van der Waals surface area contributed by atoms with Gasteiger partial charge in [0.2, 0.25) is 0 Å². The van der Waals surface area contributed by atoms with Crippen LogP contribution in [0.1, 0.15) is 20.8 Å². The van der Waals surface area contributed by atoms with E-state index in [-0.39, 0.29) is 5.56 Å². The molecule has 1 aromatic carbocycles. The topological polar surface area (TPSA) is 98.2 Å². The maximum atomic E-state index is 11.3. The molecule has 0 saturated heterocycles. The fourth-order valence-electron chi connectivity index (χ4n) is 1.71. The van der Waals surface area contributed by atoms with Crippen molar-refractivity contribution in [3.8, 4) is 0 Å². The van der Waals surface area contributed by atoms with Crippen LogP contribution in [0.3, 0.4) is 0 Å². The average molecular weight is 275 g/mol. The van der Waals surface area contributed by atoms with Crippen LogP contribution in [0.2, 0.25) is 0 Å². The summed E-state index contributed by atoms with van der Waals surface area (Å²) < 4.78 is 0. The summed E-state index contributed by atoms with van der Waals surface area (Å²) in [7, 11) is 0. The number of rotatable bonds is 4. The molecule has 98 valence electrons. The molecule has 1 heterocycles. The van der Waals surface area contributed by atoms with Crippen molar-refractivity contribution in [3.05, 3.63) is 52.4 Å². The van der Waals surface area contributed by atoms with Crippen LogP contribution in [0.4, 0.5) is 9.80 Å². The van der Waals surface area contributed by atoms with E-state index in [0.29, 0.717) is 11.4 Å². The number of nitrogens with one attached hydrogen (secondary N) is 1. The molecule has 0 aliphatic rings. The molecule has 1 aromatic heterocycles. The maximum Gasteiger partial charge on any atom is 0.317 e. The minimum atomic E-state index is -0.712. The Bertz CT molecular complexity index is 608. The third-order valence-electron chi connectivity index (χ3n) is 2.51. The molecule has 0 aliphatic heterocycles. The lowest BCUT2D eigenvalue weighted by atomic mass is 10.1. The highest BCUT2D eigenvalue weighted by molar-refractivity contribution is 7.16. The highest BCUT2D eigenvalue weighted by atomic mass is 32.1. The van der Waals surface area contributed by atoms with Gasteiger partial charge in [-0.05, 0) is 11.6 Å². The molecule has 0 bridgehead atoms. The van der Waals surface area contributed by atoms with Gasteiger partial charge in [0, 0.05) is 11.3 Å². The standard InChI is InChI=1S/C13H13N3O2S/c14-11(17)10-7-9(19-12(10)16-13(15)18)6-8-4-2-1-3-5-8/h1-5,7H,6H2,(H2,14,17)(H3,15,16,18). The summed E-state index contributed by atoms with van der Waals surface area (Å²) in [5.74, 6) is -0.584. The quantitative estimate of drug-likeness (QED) is 0.794. The molecule has 0 atom stereocenters. The first kappa shape index (κ1) is 13.1. The molecule has 6 heteroatoms. The molecule has 0 spiro atoms. The number of primary amides is 2. The Hall–Kier alpha value is -2.34. The summed E-state index contributed by atoms with van der Waals surface area (Å²) in [6.45, 7) is 0. The van der Waals surface area contributed by atoms with Crippen LogP contribution in [0.25, 0.3) is 0 Å². The van der Waals surface area contributed by atoms with Crippen molar-refractivity contribution in [1.29, 1.82) is 0 Å². The van der Waals surface area contributed by atoms with Crippen LogP contribution in [-0.4, -0.2) is 11.9 Å². The zero-order valence-electron chi connectivity index (χ0n) is 10.1. The normalized spacial score (nSPS) is 10.1. The second kappa shape index (κ2) is 5.53. The van der Waals surface area contributed by atoms with Crippen LogP contribution >= 0.6 is 11.3 Å². The monoisotopic (exact) mass is 275 g/mol. The van der Waals surface area contributed by atoms with E-state index in [0.717, 1.165) is 10.4 Å². The number of thiophene rings is 1. The van der Waals surface area contributed by atoms with Crippen LogP contribution in [0.15, 0.2) is 36.4 Å². The Morgan fingerprint density at radius 3 is 2.42 bits per heavy atom. The van der Waals surface area contributed by atoms with Crippen LogP contribution in [-0.2, 0) is 6.42 Å². The number of urea groups is 1. The average Bonchev–Trinajstić information content (AvgIpc) is 2.72. The van der Waals surface area contributed by atoms with Crippen LogP contribution in [0, 0.1) is 0 Å². The molecule has 0 radical (unpaired) electrons. The minimum absolute atomic E-state index is 0.287. The lowest BCUT2D eigenvalue weighted by Crippen LogP contribution is -2.21. The first-order valence-electron chi connectivity index (χ1n) is 5.59. The zero-order chi connectivity index (χ0) is 13.8. The summed E-state index contributed by atoms with van der Waals surface area (Å²) in [5.41, 5.74) is 11.7. The number of carbonyl (C=O) groups is 2. The van der Waals surface area contributed by atoms with Gasteiger partial charge in [-0.2, -0.15) is 0 Å². The maximum absolute atomic E-state index is 11.3. The minimum Gasteiger partial charge on any atom is -0.366 e. The zero-order valence-corrected chi connectivity index (χ0v) is 10.9. The third kappa shape index (κ3) is 3.32. The van der Waals surface area contributed by atoms with E-state index in [1.807, 2.05) is 30.3 Å². The molecule has 5 N–H and O–H groups in total. The number of anilines is 1. The SMILES string of the molecule is NC(=O)Nc1sc(Cc2ccccc2)cc1C(N)=O. The summed E-state index contributed by atoms with van der Waals surface area (Å²) in [4.78, 5) is 23.1. The van der Waals surface area contributed by atoms with Crippen molar-refractivity contribution < 1.29 is 9.59 Å². The molecule has 19 heavy (non-hydrogen) atoms. The molecule has 5 nitrogen and oxygen atoms in total. The van der Waals surface area contributed by atoms with Crippen molar-refractivity contribution >= 4 is 28.3 Å². The van der Waals surface area contributed by atoms with E-state index in [2.05, 4.69) is 5.32 Å². The molecule has 0 fully saturated rings. The second-order valence-electron chi connectivity index (χ2n) is 3.97. The number of benzene rings is 1. The Labute approximate surface area is 114 Å². The van der Waals surface area contributed by atoms with Gasteiger partial charge in [0.05, 0.1) is 5.56 Å². The summed E-state index contributed by atoms with van der Waals surface area (Å²) >= 11 is 1.30. The van der Waals surface area contributed by atoms with E-state index < -0.39 is 11.9 Å². The van der Waals surface area contributed by atoms with E-state index >= 15 is 0 Å². The van der Waals surface area contributed by atoms with E-state index in [4.69, 9.17) is 11.5 Å². The van der Waals surface area contributed by atoms with E-state index in [9.17, 15) is 9.59 Å². The van der Waals surface area contributed by atoms with Crippen molar-refractivity contribution in [2.24, 2.45) is 11.5 Å². The Morgan fingerprint density at radius 2 is 1.84 bits per heavy atom. The van der Waals surface area contributed by atoms with Gasteiger partial charge in [0.25, 0.3) is 5.91 Å². The third-order valence-corrected chi connectivity index (χ3v) is 3.56. The van der Waals surface area contributed by atoms with Gasteiger partial charge in [-0.15, -0.1) is 11.3 Å². The van der Waals surface area contributed by atoms with Crippen molar-refractivity contribution in [1.82, 2.24) is 0 Å². The molecule has 3 amide bonds. The van der Waals surface area contributed by atoms with Gasteiger partial charge in [0.1, 0.15) is 5.00 Å². The largest absolute Gasteiger partial charge is 0.366 e. The number of hydrogen-bond acceptors (Lipinski definition) is 3. The first-order chi connectivity index (χ1) is 9.06. The number of hydrogen-bond donors (Lipinski definition) is 3. The Morgan fingerprint density at radius 1 is 1.16 bits per heavy atom. The highest BCUT2D eigenvalue weighted by Crippen LogP contribution is 2.29. The fraction of sp³-hybridized carbons (Fsp3) is 0.0769. The van der Waals surface area contributed by atoms with Gasteiger partial charge in [-0.25, -0.2) is 4.79 Å². The van der Waals surface area contributed by atoms with Crippen molar-refractivity contribution in [2.45, 2.75) is 6.42 Å². The predicted molar refractivity (Wildman–Crippen MR) is 75.3 cm³/mol. The smallest absolute Gasteiger partial charge is 0.317 e. The fourth-order valence-corrected chi connectivity index (χ4v) is 2.81. The summed E-state index contributed by atoms with van der Waals surface area (Å²) in [5, 5.41) is 2.81. The number of amides is 3. The Balaban J connectivity index is 2.27. The molecule has 2 aromatic rings. The summed E-state index contributed by atoms with van der Waals surface area (Å²) in [6.07, 6.45) is 0.673. The predicted octanol–water partition coefficient (Wildman–Crippen LogP) is 1.93. The van der Waals surface area contributed by atoms with Crippen LogP contribution < -0.4 is 16.8 Å². The van der Waals surface area contributed by atoms with Crippen molar-refractivity contribution in [3.63, 3.8) is 0 Å². The molecular formula is C13H13N3O2S. The van der Waals surface area contributed by atoms with Gasteiger partial charge < -0.3 is 11.5 Å². The van der Waals surface area contributed by atoms with Crippen LogP contribution in [0.5, 0.6) is 0 Å². The molecule has 0 unspecified atom stereocenters.